The van der Waals surface area contributed by atoms with Crippen LogP contribution in [0.5, 0.6) is 5.75 Å². The molecule has 0 bridgehead atoms. The molecule has 0 aliphatic heterocycles. The number of aryl methyl sites for hydroxylation is 1. The van der Waals surface area contributed by atoms with E-state index in [1.807, 2.05) is 37.3 Å². The van der Waals surface area contributed by atoms with Gasteiger partial charge in [-0.05, 0) is 43.3 Å². The zero-order valence-electron chi connectivity index (χ0n) is 15.2. The van der Waals surface area contributed by atoms with Crippen LogP contribution in [0.1, 0.15) is 21.6 Å². The van der Waals surface area contributed by atoms with E-state index in [1.165, 1.54) is 0 Å². The third kappa shape index (κ3) is 6.20. The number of amides is 1. The number of alkyl halides is 3. The normalized spacial score (nSPS) is 10.8. The van der Waals surface area contributed by atoms with Crippen molar-refractivity contribution in [3.63, 3.8) is 0 Å². The number of carbonyl (C=O) groups is 2. The van der Waals surface area contributed by atoms with Crippen molar-refractivity contribution in [2.45, 2.75) is 19.7 Å². The van der Waals surface area contributed by atoms with E-state index < -0.39 is 18.1 Å². The van der Waals surface area contributed by atoms with Crippen molar-refractivity contribution in [2.24, 2.45) is 5.73 Å². The molecule has 3 N–H and O–H groups in total. The number of para-hydroxylation sites is 1. The van der Waals surface area contributed by atoms with Gasteiger partial charge in [-0.1, -0.05) is 18.2 Å². The number of aliphatic carboxylic acids is 1. The largest absolute Gasteiger partial charge is 0.490 e. The van der Waals surface area contributed by atoms with Crippen LogP contribution in [-0.2, 0) is 11.4 Å². The van der Waals surface area contributed by atoms with Gasteiger partial charge in [0.15, 0.2) is 0 Å². The van der Waals surface area contributed by atoms with Crippen LogP contribution in [0.2, 0.25) is 0 Å². The van der Waals surface area contributed by atoms with Crippen molar-refractivity contribution in [2.75, 3.05) is 0 Å². The van der Waals surface area contributed by atoms with Gasteiger partial charge < -0.3 is 15.6 Å². The molecule has 0 fully saturated rings. The number of rotatable bonds is 4. The molecular weight excluding hydrogens is 389 g/mol. The number of halogens is 3. The number of primary amides is 1. The molecule has 0 saturated heterocycles. The fraction of sp³-hybridized carbons (Fsp3) is 0.150. The first-order chi connectivity index (χ1) is 13.6. The van der Waals surface area contributed by atoms with Crippen LogP contribution in [0.4, 0.5) is 13.2 Å². The summed E-state index contributed by atoms with van der Waals surface area (Å²) in [5.74, 6) is -2.50. The SMILES string of the molecule is Cc1cc(COc2ccc(C(N)=O)cc2)c2ccccc2n1.O=C(O)C(F)(F)F. The quantitative estimate of drug-likeness (QED) is 0.685. The van der Waals surface area contributed by atoms with Gasteiger partial charge in [0.05, 0.1) is 5.52 Å². The van der Waals surface area contributed by atoms with Gasteiger partial charge in [-0.15, -0.1) is 0 Å². The number of fused-ring (bicyclic) bond motifs is 1. The third-order valence-corrected chi connectivity index (χ3v) is 3.71. The maximum atomic E-state index is 11.0. The molecule has 0 aliphatic carbocycles. The van der Waals surface area contributed by atoms with Gasteiger partial charge in [0.2, 0.25) is 5.91 Å². The second-order valence-corrected chi connectivity index (χ2v) is 5.92. The Balaban J connectivity index is 0.000000370. The summed E-state index contributed by atoms with van der Waals surface area (Å²) in [5, 5.41) is 8.21. The molecule has 0 radical (unpaired) electrons. The fourth-order valence-electron chi connectivity index (χ4n) is 2.39. The highest BCUT2D eigenvalue weighted by Crippen LogP contribution is 2.21. The lowest BCUT2D eigenvalue weighted by atomic mass is 10.1. The minimum absolute atomic E-state index is 0.442. The predicted molar refractivity (Wildman–Crippen MR) is 99.5 cm³/mol. The number of carbonyl (C=O) groups excluding carboxylic acids is 1. The van der Waals surface area contributed by atoms with E-state index in [2.05, 4.69) is 4.98 Å². The Labute approximate surface area is 163 Å². The number of hydrogen-bond donors (Lipinski definition) is 2. The van der Waals surface area contributed by atoms with Crippen LogP contribution < -0.4 is 10.5 Å². The molecule has 6 nitrogen and oxygen atoms in total. The molecule has 1 heterocycles. The highest BCUT2D eigenvalue weighted by molar-refractivity contribution is 5.92. The van der Waals surface area contributed by atoms with E-state index in [1.54, 1.807) is 24.3 Å². The first kappa shape index (κ1) is 21.7. The Bertz CT molecular complexity index is 1020. The molecule has 3 rings (SSSR count). The van der Waals surface area contributed by atoms with Crippen molar-refractivity contribution in [1.29, 1.82) is 0 Å². The Kier molecular flexibility index (Phi) is 6.76. The summed E-state index contributed by atoms with van der Waals surface area (Å²) >= 11 is 0. The molecule has 1 aromatic heterocycles. The first-order valence-electron chi connectivity index (χ1n) is 8.26. The van der Waals surface area contributed by atoms with Gasteiger partial charge in [0, 0.05) is 22.2 Å². The summed E-state index contributed by atoms with van der Waals surface area (Å²) in [6, 6.07) is 16.8. The van der Waals surface area contributed by atoms with Crippen molar-refractivity contribution in [3.8, 4) is 5.75 Å². The number of ether oxygens (including phenoxy) is 1. The number of aromatic nitrogens is 1. The summed E-state index contributed by atoms with van der Waals surface area (Å²) in [5.41, 5.74) is 8.70. The molecule has 1 amide bonds. The van der Waals surface area contributed by atoms with Gasteiger partial charge in [-0.25, -0.2) is 4.79 Å². The fourth-order valence-corrected chi connectivity index (χ4v) is 2.39. The highest BCUT2D eigenvalue weighted by atomic mass is 19.4. The van der Waals surface area contributed by atoms with Crippen LogP contribution in [-0.4, -0.2) is 28.1 Å². The summed E-state index contributed by atoms with van der Waals surface area (Å²) in [6.07, 6.45) is -5.08. The van der Waals surface area contributed by atoms with E-state index in [-0.39, 0.29) is 0 Å². The van der Waals surface area contributed by atoms with Gasteiger partial charge >= 0.3 is 12.1 Å². The zero-order chi connectivity index (χ0) is 21.6. The lowest BCUT2D eigenvalue weighted by molar-refractivity contribution is -0.192. The van der Waals surface area contributed by atoms with E-state index in [0.29, 0.717) is 17.9 Å². The second-order valence-electron chi connectivity index (χ2n) is 5.92. The molecule has 0 saturated carbocycles. The Morgan fingerprint density at radius 3 is 2.24 bits per heavy atom. The Morgan fingerprint density at radius 2 is 1.69 bits per heavy atom. The Morgan fingerprint density at radius 1 is 1.10 bits per heavy atom. The van der Waals surface area contributed by atoms with E-state index >= 15 is 0 Å². The number of carboxylic acids is 1. The molecule has 0 spiro atoms. The average molecular weight is 406 g/mol. The highest BCUT2D eigenvalue weighted by Gasteiger charge is 2.38. The smallest absolute Gasteiger partial charge is 0.489 e. The summed E-state index contributed by atoms with van der Waals surface area (Å²) in [6.45, 7) is 2.41. The number of nitrogens with two attached hydrogens (primary N) is 1. The van der Waals surface area contributed by atoms with Crippen LogP contribution in [0.3, 0.4) is 0 Å². The molecule has 2 aromatic carbocycles. The Hall–Kier alpha value is -3.62. The lowest BCUT2D eigenvalue weighted by Gasteiger charge is -2.10. The van der Waals surface area contributed by atoms with Gasteiger partial charge in [-0.2, -0.15) is 13.2 Å². The third-order valence-electron chi connectivity index (χ3n) is 3.71. The van der Waals surface area contributed by atoms with Gasteiger partial charge in [-0.3, -0.25) is 9.78 Å². The minimum Gasteiger partial charge on any atom is -0.489 e. The topological polar surface area (TPSA) is 103 Å². The minimum atomic E-state index is -5.08. The van der Waals surface area contributed by atoms with Crippen LogP contribution in [0, 0.1) is 6.92 Å². The van der Waals surface area contributed by atoms with Gasteiger partial charge in [0.25, 0.3) is 0 Å². The molecule has 9 heteroatoms. The van der Waals surface area contributed by atoms with Crippen molar-refractivity contribution >= 4 is 22.8 Å². The van der Waals surface area contributed by atoms with Gasteiger partial charge in [0.1, 0.15) is 12.4 Å². The average Bonchev–Trinajstić information content (AvgIpc) is 2.66. The predicted octanol–water partition coefficient (Wildman–Crippen LogP) is 3.85. The van der Waals surface area contributed by atoms with E-state index in [9.17, 15) is 18.0 Å². The van der Waals surface area contributed by atoms with Crippen LogP contribution in [0.25, 0.3) is 10.9 Å². The number of benzene rings is 2. The first-order valence-corrected chi connectivity index (χ1v) is 8.26. The molecule has 0 aliphatic rings. The summed E-state index contributed by atoms with van der Waals surface area (Å²) in [4.78, 5) is 24.5. The maximum absolute atomic E-state index is 11.0. The zero-order valence-corrected chi connectivity index (χ0v) is 15.2. The maximum Gasteiger partial charge on any atom is 0.490 e. The number of nitrogens with zero attached hydrogens (tertiary/aromatic N) is 1. The lowest BCUT2D eigenvalue weighted by Crippen LogP contribution is -2.21. The number of hydrogen-bond acceptors (Lipinski definition) is 4. The van der Waals surface area contributed by atoms with Crippen molar-refractivity contribution in [3.05, 3.63) is 71.4 Å². The van der Waals surface area contributed by atoms with Crippen LogP contribution >= 0.6 is 0 Å². The van der Waals surface area contributed by atoms with Crippen molar-refractivity contribution < 1.29 is 32.6 Å². The van der Waals surface area contributed by atoms with E-state index in [0.717, 1.165) is 22.2 Å². The standard InChI is InChI=1S/C18H16N2O2.C2HF3O2/c1-12-10-14(16-4-2-3-5-17(16)20-12)11-22-15-8-6-13(7-9-15)18(19)21;3-2(4,5)1(6)7/h2-10H,11H2,1H3,(H2,19,21);(H,6,7). The van der Waals surface area contributed by atoms with Crippen LogP contribution in [0.15, 0.2) is 54.6 Å². The molecule has 29 heavy (non-hydrogen) atoms. The monoisotopic (exact) mass is 406 g/mol. The number of pyridine rings is 1. The molecule has 152 valence electrons. The molecule has 0 atom stereocenters. The molecular formula is C20H17F3N2O4. The second kappa shape index (κ2) is 9.05. The van der Waals surface area contributed by atoms with E-state index in [4.69, 9.17) is 20.4 Å². The summed E-state index contributed by atoms with van der Waals surface area (Å²) in [7, 11) is 0. The molecule has 3 aromatic rings. The molecule has 0 unspecified atom stereocenters. The number of carboxylic acid groups (broad SMARTS) is 1. The summed E-state index contributed by atoms with van der Waals surface area (Å²) < 4.78 is 37.5. The van der Waals surface area contributed by atoms with Crippen molar-refractivity contribution in [1.82, 2.24) is 4.98 Å².